The van der Waals surface area contributed by atoms with Crippen molar-refractivity contribution < 1.29 is 5.11 Å². The van der Waals surface area contributed by atoms with Gasteiger partial charge in [-0.05, 0) is 122 Å². The van der Waals surface area contributed by atoms with Gasteiger partial charge in [0.25, 0.3) is 0 Å². The third-order valence-electron chi connectivity index (χ3n) is 11.3. The topological polar surface area (TPSA) is 20.2 Å². The van der Waals surface area contributed by atoms with Crippen LogP contribution in [0, 0.1) is 58.2 Å². The van der Waals surface area contributed by atoms with Crippen LogP contribution >= 0.6 is 0 Å². The number of allylic oxidation sites excluding steroid dienone is 2. The number of aliphatic hydroxyl groups is 1. The minimum absolute atomic E-state index is 0.0187. The normalized spacial score (nSPS) is 48.3. The Balaban J connectivity index is 1.49. The second kappa shape index (κ2) is 8.57. The van der Waals surface area contributed by atoms with Gasteiger partial charge in [-0.1, -0.05) is 53.7 Å². The highest BCUT2D eigenvalue weighted by Crippen LogP contribution is 2.68. The molecule has 1 heteroatoms. The first-order valence-electron chi connectivity index (χ1n) is 13.6. The van der Waals surface area contributed by atoms with Gasteiger partial charge in [-0.3, -0.25) is 0 Å². The number of hydrogen-bond donors (Lipinski definition) is 1. The second-order valence-corrected chi connectivity index (χ2v) is 12.9. The van der Waals surface area contributed by atoms with Crippen molar-refractivity contribution in [3.63, 3.8) is 0 Å². The Kier molecular flexibility index (Phi) is 6.53. The van der Waals surface area contributed by atoms with Crippen LogP contribution in [0.25, 0.3) is 0 Å². The highest BCUT2D eigenvalue weighted by Gasteiger charge is 2.60. The maximum Gasteiger partial charge on any atom is 0.0543 e. The summed E-state index contributed by atoms with van der Waals surface area (Å²) in [6, 6.07) is 0. The lowest BCUT2D eigenvalue weighted by Gasteiger charge is -2.61. The summed E-state index contributed by atoms with van der Waals surface area (Å²) in [5.41, 5.74) is 1.07. The number of fused-ring (bicyclic) bond motifs is 5. The largest absolute Gasteiger partial charge is 0.393 e. The van der Waals surface area contributed by atoms with Crippen LogP contribution in [0.5, 0.6) is 0 Å². The summed E-state index contributed by atoms with van der Waals surface area (Å²) < 4.78 is 0. The summed E-state index contributed by atoms with van der Waals surface area (Å²) in [6.45, 7) is 14.9. The van der Waals surface area contributed by atoms with Gasteiger partial charge in [0, 0.05) is 0 Å². The number of rotatable bonds is 5. The molecule has 0 spiro atoms. The Hall–Kier alpha value is -0.300. The van der Waals surface area contributed by atoms with E-state index in [1.54, 1.807) is 0 Å². The highest BCUT2D eigenvalue weighted by atomic mass is 16.3. The molecule has 0 aliphatic heterocycles. The Labute approximate surface area is 187 Å². The fraction of sp³-hybridized carbons (Fsp3) is 0.931. The van der Waals surface area contributed by atoms with Crippen molar-refractivity contribution in [2.24, 2.45) is 58.2 Å². The maximum atomic E-state index is 10.3. The third kappa shape index (κ3) is 3.74. The average Bonchev–Trinajstić information content (AvgIpc) is 3.06. The van der Waals surface area contributed by atoms with E-state index in [9.17, 15) is 5.11 Å². The van der Waals surface area contributed by atoms with Gasteiger partial charge in [-0.2, -0.15) is 0 Å². The molecule has 10 atom stereocenters. The van der Waals surface area contributed by atoms with E-state index in [0.717, 1.165) is 60.2 Å². The highest BCUT2D eigenvalue weighted by molar-refractivity contribution is 5.11. The Bertz CT molecular complexity index is 622. The van der Waals surface area contributed by atoms with E-state index in [-0.39, 0.29) is 6.10 Å². The molecule has 30 heavy (non-hydrogen) atoms. The maximum absolute atomic E-state index is 10.3. The van der Waals surface area contributed by atoms with Crippen molar-refractivity contribution in [2.75, 3.05) is 0 Å². The van der Waals surface area contributed by atoms with Crippen molar-refractivity contribution in [2.45, 2.75) is 112 Å². The molecule has 172 valence electrons. The van der Waals surface area contributed by atoms with Gasteiger partial charge in [0.2, 0.25) is 0 Å². The molecule has 4 saturated carbocycles. The summed E-state index contributed by atoms with van der Waals surface area (Å²) in [4.78, 5) is 0. The van der Waals surface area contributed by atoms with Crippen molar-refractivity contribution in [3.05, 3.63) is 12.2 Å². The molecule has 4 rings (SSSR count). The smallest absolute Gasteiger partial charge is 0.0543 e. The van der Waals surface area contributed by atoms with E-state index < -0.39 is 0 Å². The Morgan fingerprint density at radius 3 is 2.27 bits per heavy atom. The van der Waals surface area contributed by atoms with Gasteiger partial charge < -0.3 is 5.11 Å². The first-order chi connectivity index (χ1) is 14.2. The minimum atomic E-state index is -0.0187. The predicted molar refractivity (Wildman–Crippen MR) is 128 cm³/mol. The van der Waals surface area contributed by atoms with Crippen LogP contribution in [-0.4, -0.2) is 11.2 Å². The predicted octanol–water partition coefficient (Wildman–Crippen LogP) is 7.88. The monoisotopic (exact) mass is 414 g/mol. The summed E-state index contributed by atoms with van der Waals surface area (Å²) in [7, 11) is 0. The lowest BCUT2D eigenvalue weighted by atomic mass is 9.44. The second-order valence-electron chi connectivity index (χ2n) is 12.9. The van der Waals surface area contributed by atoms with E-state index in [1.165, 1.54) is 51.4 Å². The zero-order valence-electron chi connectivity index (χ0n) is 20.9. The van der Waals surface area contributed by atoms with Gasteiger partial charge in [-0.15, -0.1) is 0 Å². The molecular formula is C29H50O. The van der Waals surface area contributed by atoms with Crippen molar-refractivity contribution in [3.8, 4) is 0 Å². The Morgan fingerprint density at radius 1 is 0.867 bits per heavy atom. The van der Waals surface area contributed by atoms with Crippen LogP contribution in [0.3, 0.4) is 0 Å². The van der Waals surface area contributed by atoms with E-state index in [1.807, 2.05) is 0 Å². The SMILES string of the molecule is CCC(C=C[C@@H](C)[C@H]1CC[C@H]2[C@@H]3CCC4C[C@@H](O)CC[C@]4(C)[C@H]3CC[C@]12C)C(C)C. The van der Waals surface area contributed by atoms with Gasteiger partial charge in [-0.25, -0.2) is 0 Å². The number of aliphatic hydroxyl groups excluding tert-OH is 1. The molecule has 0 radical (unpaired) electrons. The molecule has 0 aromatic rings. The third-order valence-corrected chi connectivity index (χ3v) is 11.3. The zero-order valence-corrected chi connectivity index (χ0v) is 20.9. The molecule has 0 aromatic heterocycles. The van der Waals surface area contributed by atoms with Gasteiger partial charge in [0.05, 0.1) is 6.10 Å². The molecule has 0 saturated heterocycles. The van der Waals surface area contributed by atoms with Crippen molar-refractivity contribution in [1.82, 2.24) is 0 Å². The number of hydrogen-bond acceptors (Lipinski definition) is 1. The quantitative estimate of drug-likeness (QED) is 0.454. The van der Waals surface area contributed by atoms with Crippen LogP contribution in [0.15, 0.2) is 12.2 Å². The molecule has 4 aliphatic rings. The molecule has 0 heterocycles. The van der Waals surface area contributed by atoms with E-state index in [0.29, 0.717) is 10.8 Å². The van der Waals surface area contributed by atoms with E-state index in [2.05, 4.69) is 53.7 Å². The molecule has 4 aliphatic carbocycles. The summed E-state index contributed by atoms with van der Waals surface area (Å²) >= 11 is 0. The fourth-order valence-corrected chi connectivity index (χ4v) is 9.42. The van der Waals surface area contributed by atoms with Gasteiger partial charge in [0.15, 0.2) is 0 Å². The molecule has 0 bridgehead atoms. The van der Waals surface area contributed by atoms with Crippen LogP contribution in [0.2, 0.25) is 0 Å². The van der Waals surface area contributed by atoms with Gasteiger partial charge in [0.1, 0.15) is 0 Å². The molecule has 4 fully saturated rings. The lowest BCUT2D eigenvalue weighted by Crippen LogP contribution is -2.54. The molecule has 1 nitrogen and oxygen atoms in total. The van der Waals surface area contributed by atoms with Crippen molar-refractivity contribution >= 4 is 0 Å². The molecule has 2 unspecified atom stereocenters. The first-order valence-corrected chi connectivity index (χ1v) is 13.6. The van der Waals surface area contributed by atoms with Crippen molar-refractivity contribution in [1.29, 1.82) is 0 Å². The summed E-state index contributed by atoms with van der Waals surface area (Å²) in [5, 5.41) is 10.3. The van der Waals surface area contributed by atoms with E-state index >= 15 is 0 Å². The van der Waals surface area contributed by atoms with Crippen LogP contribution in [-0.2, 0) is 0 Å². The van der Waals surface area contributed by atoms with Crippen LogP contribution < -0.4 is 0 Å². The molecular weight excluding hydrogens is 364 g/mol. The van der Waals surface area contributed by atoms with E-state index in [4.69, 9.17) is 0 Å². The molecule has 0 amide bonds. The molecule has 1 N–H and O–H groups in total. The fourth-order valence-electron chi connectivity index (χ4n) is 9.42. The zero-order chi connectivity index (χ0) is 21.7. The average molecular weight is 415 g/mol. The Morgan fingerprint density at radius 2 is 1.57 bits per heavy atom. The standard InChI is InChI=1S/C29H50O/c1-7-21(19(2)3)9-8-20(4)25-12-13-26-24-11-10-22-18-23(30)14-16-28(22,5)27(24)15-17-29(25,26)6/h8-9,19-27,30H,7,10-18H2,1-6H3/t20-,21?,22?,23+,24+,25-,26+,27+,28+,29-/m1/s1. The summed E-state index contributed by atoms with van der Waals surface area (Å²) in [6.07, 6.45) is 18.5. The van der Waals surface area contributed by atoms with Crippen LogP contribution in [0.1, 0.15) is 106 Å². The summed E-state index contributed by atoms with van der Waals surface area (Å²) in [5.74, 6) is 6.72. The first kappa shape index (κ1) is 22.9. The minimum Gasteiger partial charge on any atom is -0.393 e. The van der Waals surface area contributed by atoms with Crippen LogP contribution in [0.4, 0.5) is 0 Å². The molecule has 0 aromatic carbocycles. The van der Waals surface area contributed by atoms with Gasteiger partial charge >= 0.3 is 0 Å². The lowest BCUT2D eigenvalue weighted by molar-refractivity contribution is -0.128.